The SMILES string of the molecule is CCCc1cc(C(=O)N(C)C2CCCC(C)C2)cc(N)n1. The third-order valence-electron chi connectivity index (χ3n) is 4.43. The topological polar surface area (TPSA) is 59.2 Å². The Morgan fingerprint density at radius 2 is 2.19 bits per heavy atom. The minimum absolute atomic E-state index is 0.0700. The summed E-state index contributed by atoms with van der Waals surface area (Å²) in [4.78, 5) is 18.9. The number of nitrogen functional groups attached to an aromatic ring is 1. The molecule has 2 unspecified atom stereocenters. The molecule has 1 aromatic rings. The Bertz CT molecular complexity index is 501. The van der Waals surface area contributed by atoms with Gasteiger partial charge in [0, 0.05) is 24.3 Å². The Morgan fingerprint density at radius 1 is 1.43 bits per heavy atom. The summed E-state index contributed by atoms with van der Waals surface area (Å²) in [5.74, 6) is 1.22. The fourth-order valence-electron chi connectivity index (χ4n) is 3.24. The molecule has 1 aliphatic rings. The third kappa shape index (κ3) is 3.96. The molecule has 0 aliphatic heterocycles. The van der Waals surface area contributed by atoms with Crippen molar-refractivity contribution in [3.63, 3.8) is 0 Å². The monoisotopic (exact) mass is 289 g/mol. The van der Waals surface area contributed by atoms with E-state index in [0.29, 0.717) is 23.3 Å². The summed E-state index contributed by atoms with van der Waals surface area (Å²) >= 11 is 0. The Kier molecular flexibility index (Phi) is 5.21. The maximum atomic E-state index is 12.7. The summed E-state index contributed by atoms with van der Waals surface area (Å²) in [6, 6.07) is 3.94. The molecule has 0 radical (unpaired) electrons. The summed E-state index contributed by atoms with van der Waals surface area (Å²) in [5.41, 5.74) is 7.43. The molecule has 116 valence electrons. The number of nitrogens with zero attached hydrogens (tertiary/aromatic N) is 2. The zero-order chi connectivity index (χ0) is 15.4. The number of hydrogen-bond acceptors (Lipinski definition) is 3. The molecule has 4 nitrogen and oxygen atoms in total. The van der Waals surface area contributed by atoms with Gasteiger partial charge in [0.05, 0.1) is 0 Å². The van der Waals surface area contributed by atoms with Crippen LogP contribution in [0.4, 0.5) is 5.82 Å². The predicted molar refractivity (Wildman–Crippen MR) is 86.2 cm³/mol. The van der Waals surface area contributed by atoms with Gasteiger partial charge < -0.3 is 10.6 Å². The summed E-state index contributed by atoms with van der Waals surface area (Å²) in [6.45, 7) is 4.37. The number of anilines is 1. The quantitative estimate of drug-likeness (QED) is 0.925. The van der Waals surface area contributed by atoms with Crippen molar-refractivity contribution in [1.29, 1.82) is 0 Å². The highest BCUT2D eigenvalue weighted by Crippen LogP contribution is 2.27. The van der Waals surface area contributed by atoms with Gasteiger partial charge >= 0.3 is 0 Å². The van der Waals surface area contributed by atoms with E-state index in [1.807, 2.05) is 18.0 Å². The van der Waals surface area contributed by atoms with E-state index in [0.717, 1.165) is 31.4 Å². The Balaban J connectivity index is 2.14. The van der Waals surface area contributed by atoms with Crippen molar-refractivity contribution in [2.24, 2.45) is 5.92 Å². The molecule has 0 bridgehead atoms. The van der Waals surface area contributed by atoms with Crippen molar-refractivity contribution in [2.45, 2.75) is 58.4 Å². The van der Waals surface area contributed by atoms with Crippen molar-refractivity contribution in [3.8, 4) is 0 Å². The third-order valence-corrected chi connectivity index (χ3v) is 4.43. The van der Waals surface area contributed by atoms with Gasteiger partial charge in [-0.3, -0.25) is 4.79 Å². The zero-order valence-corrected chi connectivity index (χ0v) is 13.4. The van der Waals surface area contributed by atoms with Crippen LogP contribution in [0.1, 0.15) is 62.0 Å². The van der Waals surface area contributed by atoms with Gasteiger partial charge in [0.1, 0.15) is 5.82 Å². The maximum absolute atomic E-state index is 12.7. The highest BCUT2D eigenvalue weighted by Gasteiger charge is 2.26. The number of pyridine rings is 1. The summed E-state index contributed by atoms with van der Waals surface area (Å²) in [6.07, 6.45) is 6.56. The van der Waals surface area contributed by atoms with Crippen LogP contribution in [0.2, 0.25) is 0 Å². The molecule has 2 rings (SSSR count). The molecule has 1 fully saturated rings. The second-order valence-corrected chi connectivity index (χ2v) is 6.36. The van der Waals surface area contributed by atoms with Crippen LogP contribution in [0.3, 0.4) is 0 Å². The van der Waals surface area contributed by atoms with E-state index >= 15 is 0 Å². The van der Waals surface area contributed by atoms with Crippen molar-refractivity contribution < 1.29 is 4.79 Å². The molecule has 1 aromatic heterocycles. The minimum Gasteiger partial charge on any atom is -0.384 e. The largest absolute Gasteiger partial charge is 0.384 e. The number of aryl methyl sites for hydroxylation is 1. The Morgan fingerprint density at radius 3 is 2.86 bits per heavy atom. The first-order valence-electron chi connectivity index (χ1n) is 8.04. The first-order chi connectivity index (χ1) is 10.0. The molecule has 1 heterocycles. The number of rotatable bonds is 4. The van der Waals surface area contributed by atoms with E-state index in [2.05, 4.69) is 18.8 Å². The van der Waals surface area contributed by atoms with Crippen LogP contribution in [0.15, 0.2) is 12.1 Å². The Labute approximate surface area is 127 Å². The molecule has 1 amide bonds. The van der Waals surface area contributed by atoms with Crippen LogP contribution >= 0.6 is 0 Å². The van der Waals surface area contributed by atoms with E-state index < -0.39 is 0 Å². The second-order valence-electron chi connectivity index (χ2n) is 6.36. The summed E-state index contributed by atoms with van der Waals surface area (Å²) < 4.78 is 0. The normalized spacial score (nSPS) is 22.0. The molecule has 0 spiro atoms. The van der Waals surface area contributed by atoms with Crippen molar-refractivity contribution in [2.75, 3.05) is 12.8 Å². The van der Waals surface area contributed by atoms with Gasteiger partial charge in [-0.15, -0.1) is 0 Å². The molecule has 21 heavy (non-hydrogen) atoms. The number of amides is 1. The van der Waals surface area contributed by atoms with Gasteiger partial charge in [0.15, 0.2) is 0 Å². The molecule has 4 heteroatoms. The van der Waals surface area contributed by atoms with Gasteiger partial charge in [-0.25, -0.2) is 4.98 Å². The van der Waals surface area contributed by atoms with Gasteiger partial charge in [0.2, 0.25) is 0 Å². The molecule has 1 saturated carbocycles. The predicted octanol–water partition coefficient (Wildman–Crippen LogP) is 3.27. The van der Waals surface area contributed by atoms with Gasteiger partial charge in [-0.2, -0.15) is 0 Å². The number of carbonyl (C=O) groups excluding carboxylic acids is 1. The fourth-order valence-corrected chi connectivity index (χ4v) is 3.24. The van der Waals surface area contributed by atoms with Crippen LogP contribution in [0.5, 0.6) is 0 Å². The van der Waals surface area contributed by atoms with Gasteiger partial charge in [-0.1, -0.05) is 33.1 Å². The lowest BCUT2D eigenvalue weighted by atomic mass is 9.86. The van der Waals surface area contributed by atoms with Crippen LogP contribution in [-0.2, 0) is 6.42 Å². The molecule has 0 aromatic carbocycles. The lowest BCUT2D eigenvalue weighted by Crippen LogP contribution is -2.39. The first kappa shape index (κ1) is 15.8. The number of hydrogen-bond donors (Lipinski definition) is 1. The number of aromatic nitrogens is 1. The van der Waals surface area contributed by atoms with Crippen LogP contribution in [-0.4, -0.2) is 28.9 Å². The van der Waals surface area contributed by atoms with Crippen LogP contribution in [0.25, 0.3) is 0 Å². The summed E-state index contributed by atoms with van der Waals surface area (Å²) in [7, 11) is 1.92. The van der Waals surface area contributed by atoms with Crippen LogP contribution in [0, 0.1) is 5.92 Å². The molecular weight excluding hydrogens is 262 g/mol. The zero-order valence-electron chi connectivity index (χ0n) is 13.4. The smallest absolute Gasteiger partial charge is 0.254 e. The number of carbonyl (C=O) groups is 1. The lowest BCUT2D eigenvalue weighted by Gasteiger charge is -2.34. The molecule has 0 saturated heterocycles. The van der Waals surface area contributed by atoms with Crippen LogP contribution < -0.4 is 5.73 Å². The maximum Gasteiger partial charge on any atom is 0.254 e. The molecule has 2 N–H and O–H groups in total. The standard InChI is InChI=1S/C17H27N3O/c1-4-6-14-10-13(11-16(18)19-14)17(21)20(3)15-8-5-7-12(2)9-15/h10-12,15H,4-9H2,1-3H3,(H2,18,19). The lowest BCUT2D eigenvalue weighted by molar-refractivity contribution is 0.0672. The highest BCUT2D eigenvalue weighted by atomic mass is 16.2. The molecule has 1 aliphatic carbocycles. The Hall–Kier alpha value is -1.58. The summed E-state index contributed by atoms with van der Waals surface area (Å²) in [5, 5.41) is 0. The van der Waals surface area contributed by atoms with Crippen molar-refractivity contribution in [1.82, 2.24) is 9.88 Å². The second kappa shape index (κ2) is 6.92. The number of nitrogens with two attached hydrogens (primary N) is 1. The van der Waals surface area contributed by atoms with E-state index in [4.69, 9.17) is 5.73 Å². The van der Waals surface area contributed by atoms with Gasteiger partial charge in [0.25, 0.3) is 5.91 Å². The molecule has 2 atom stereocenters. The average molecular weight is 289 g/mol. The van der Waals surface area contributed by atoms with Crippen molar-refractivity contribution >= 4 is 11.7 Å². The van der Waals surface area contributed by atoms with E-state index in [1.54, 1.807) is 6.07 Å². The van der Waals surface area contributed by atoms with Crippen molar-refractivity contribution in [3.05, 3.63) is 23.4 Å². The highest BCUT2D eigenvalue weighted by molar-refractivity contribution is 5.95. The molecular formula is C17H27N3O. The van der Waals surface area contributed by atoms with E-state index in [9.17, 15) is 4.79 Å². The average Bonchev–Trinajstić information content (AvgIpc) is 2.45. The van der Waals surface area contributed by atoms with E-state index in [1.165, 1.54) is 12.8 Å². The first-order valence-corrected chi connectivity index (χ1v) is 8.04. The minimum atomic E-state index is 0.0700. The van der Waals surface area contributed by atoms with E-state index in [-0.39, 0.29) is 5.91 Å². The van der Waals surface area contributed by atoms with Gasteiger partial charge in [-0.05, 0) is 37.3 Å². The fraction of sp³-hybridized carbons (Fsp3) is 0.647.